The molecule has 0 aliphatic carbocycles. The number of hydrogen-bond donors (Lipinski definition) is 1. The van der Waals surface area contributed by atoms with E-state index in [1.807, 2.05) is 0 Å². The summed E-state index contributed by atoms with van der Waals surface area (Å²) >= 11 is 0. The van der Waals surface area contributed by atoms with Gasteiger partial charge < -0.3 is 19.5 Å². The van der Waals surface area contributed by atoms with E-state index in [9.17, 15) is 4.79 Å². The summed E-state index contributed by atoms with van der Waals surface area (Å²) < 4.78 is 15.9. The number of epoxide rings is 1. The van der Waals surface area contributed by atoms with Crippen LogP contribution in [0.25, 0.3) is 0 Å². The Hall–Kier alpha value is -1.53. The minimum Gasteiger partial charge on any atom is -0.377 e. The topological polar surface area (TPSA) is 60.1 Å². The highest BCUT2D eigenvalue weighted by Gasteiger charge is 2.21. The highest BCUT2D eigenvalue weighted by Crippen LogP contribution is 2.11. The van der Waals surface area contributed by atoms with E-state index in [0.29, 0.717) is 45.5 Å². The van der Waals surface area contributed by atoms with Crippen molar-refractivity contribution in [2.75, 3.05) is 39.6 Å². The van der Waals surface area contributed by atoms with Gasteiger partial charge in [0.25, 0.3) is 0 Å². The monoisotopic (exact) mass is 517 g/mol. The molecule has 212 valence electrons. The van der Waals surface area contributed by atoms with Crippen LogP contribution in [-0.2, 0) is 19.0 Å². The molecule has 37 heavy (non-hydrogen) atoms. The summed E-state index contributed by atoms with van der Waals surface area (Å²) in [4.78, 5) is 11.8. The first-order valence-electron chi connectivity index (χ1n) is 15.3. The van der Waals surface area contributed by atoms with E-state index >= 15 is 0 Å². The molecular formula is C32H55NO4. The van der Waals surface area contributed by atoms with Crippen LogP contribution in [0.15, 0.2) is 0 Å². The van der Waals surface area contributed by atoms with Gasteiger partial charge in [0.05, 0.1) is 33.0 Å². The Morgan fingerprint density at radius 1 is 0.730 bits per heavy atom. The van der Waals surface area contributed by atoms with Gasteiger partial charge in [-0.2, -0.15) is 0 Å². The summed E-state index contributed by atoms with van der Waals surface area (Å²) in [5, 5.41) is 2.91. The molecule has 1 atom stereocenters. The molecule has 1 saturated heterocycles. The van der Waals surface area contributed by atoms with Crippen LogP contribution in [0.3, 0.4) is 0 Å². The normalized spacial score (nSPS) is 13.9. The molecule has 1 unspecified atom stereocenters. The maximum absolute atomic E-state index is 11.8. The van der Waals surface area contributed by atoms with Crippen molar-refractivity contribution in [2.24, 2.45) is 0 Å². The lowest BCUT2D eigenvalue weighted by Crippen LogP contribution is -2.27. The van der Waals surface area contributed by atoms with Crippen LogP contribution in [0, 0.1) is 23.7 Å². The maximum atomic E-state index is 11.8. The van der Waals surface area contributed by atoms with Gasteiger partial charge >= 0.3 is 0 Å². The Labute approximate surface area is 228 Å². The predicted octanol–water partition coefficient (Wildman–Crippen LogP) is 6.97. The molecular weight excluding hydrogens is 462 g/mol. The molecule has 0 bridgehead atoms. The molecule has 1 fully saturated rings. The minimum absolute atomic E-state index is 0.121. The molecule has 0 radical (unpaired) electrons. The second kappa shape index (κ2) is 27.5. The fourth-order valence-electron chi connectivity index (χ4n) is 4.07. The molecule has 5 heteroatoms. The van der Waals surface area contributed by atoms with Gasteiger partial charge in [-0.3, -0.25) is 4.79 Å². The highest BCUT2D eigenvalue weighted by atomic mass is 16.6. The zero-order valence-corrected chi connectivity index (χ0v) is 23.9. The van der Waals surface area contributed by atoms with Crippen LogP contribution >= 0.6 is 0 Å². The van der Waals surface area contributed by atoms with Crippen LogP contribution in [0.4, 0.5) is 0 Å². The van der Waals surface area contributed by atoms with Crippen LogP contribution in [0.2, 0.25) is 0 Å². The third-order valence-electron chi connectivity index (χ3n) is 6.50. The zero-order valence-electron chi connectivity index (χ0n) is 23.9. The maximum Gasteiger partial charge on any atom is 0.220 e. The van der Waals surface area contributed by atoms with Crippen molar-refractivity contribution in [1.82, 2.24) is 5.32 Å². The molecule has 1 N–H and O–H groups in total. The Balaban J connectivity index is 1.73. The van der Waals surface area contributed by atoms with Crippen molar-refractivity contribution >= 4 is 5.91 Å². The molecule has 1 amide bonds. The molecule has 0 aromatic carbocycles. The van der Waals surface area contributed by atoms with Gasteiger partial charge in [-0.25, -0.2) is 0 Å². The number of amides is 1. The Morgan fingerprint density at radius 3 is 1.81 bits per heavy atom. The molecule has 0 aromatic heterocycles. The second-order valence-electron chi connectivity index (χ2n) is 10.1. The summed E-state index contributed by atoms with van der Waals surface area (Å²) in [6.45, 7) is 5.98. The number of hydrogen-bond acceptors (Lipinski definition) is 4. The fourth-order valence-corrected chi connectivity index (χ4v) is 4.07. The van der Waals surface area contributed by atoms with Gasteiger partial charge in [0.1, 0.15) is 6.10 Å². The first kappa shape index (κ1) is 33.5. The van der Waals surface area contributed by atoms with Gasteiger partial charge in [0, 0.05) is 25.8 Å². The van der Waals surface area contributed by atoms with Crippen LogP contribution < -0.4 is 5.32 Å². The SMILES string of the molecule is CCCCCCCCCCCCC#CC#CCCCCCCCCC(=O)NCCOCCOCC1CO1. The van der Waals surface area contributed by atoms with Crippen molar-refractivity contribution < 1.29 is 19.0 Å². The van der Waals surface area contributed by atoms with Gasteiger partial charge in [-0.1, -0.05) is 102 Å². The van der Waals surface area contributed by atoms with Crippen molar-refractivity contribution in [3.8, 4) is 23.7 Å². The number of nitrogens with one attached hydrogen (secondary N) is 1. The van der Waals surface area contributed by atoms with Crippen LogP contribution in [0.5, 0.6) is 0 Å². The molecule has 1 rings (SSSR count). The number of carbonyl (C=O) groups excluding carboxylic acids is 1. The lowest BCUT2D eigenvalue weighted by Gasteiger charge is -2.07. The van der Waals surface area contributed by atoms with E-state index in [2.05, 4.69) is 35.9 Å². The predicted molar refractivity (Wildman–Crippen MR) is 153 cm³/mol. The average molecular weight is 518 g/mol. The van der Waals surface area contributed by atoms with Gasteiger partial charge in [0.2, 0.25) is 5.91 Å². The molecule has 0 spiro atoms. The largest absolute Gasteiger partial charge is 0.377 e. The van der Waals surface area contributed by atoms with Crippen molar-refractivity contribution in [3.63, 3.8) is 0 Å². The third kappa shape index (κ3) is 27.3. The van der Waals surface area contributed by atoms with E-state index < -0.39 is 0 Å². The van der Waals surface area contributed by atoms with E-state index in [0.717, 1.165) is 38.7 Å². The summed E-state index contributed by atoms with van der Waals surface area (Å²) in [7, 11) is 0. The Bertz CT molecular complexity index is 639. The molecule has 1 heterocycles. The Morgan fingerprint density at radius 2 is 1.24 bits per heavy atom. The van der Waals surface area contributed by atoms with Gasteiger partial charge in [-0.05, 0) is 31.1 Å². The minimum atomic E-state index is 0.121. The van der Waals surface area contributed by atoms with Crippen molar-refractivity contribution in [1.29, 1.82) is 0 Å². The Kier molecular flexibility index (Phi) is 24.9. The fraction of sp³-hybridized carbons (Fsp3) is 0.844. The lowest BCUT2D eigenvalue weighted by molar-refractivity contribution is -0.121. The zero-order chi connectivity index (χ0) is 26.5. The van der Waals surface area contributed by atoms with Gasteiger partial charge in [0.15, 0.2) is 0 Å². The number of ether oxygens (including phenoxy) is 3. The van der Waals surface area contributed by atoms with E-state index in [1.54, 1.807) is 0 Å². The molecule has 1 aliphatic rings. The first-order chi connectivity index (χ1) is 18.3. The number of unbranched alkanes of at least 4 members (excludes halogenated alkanes) is 16. The van der Waals surface area contributed by atoms with Gasteiger partial charge in [-0.15, -0.1) is 0 Å². The third-order valence-corrected chi connectivity index (χ3v) is 6.50. The number of rotatable bonds is 26. The summed E-state index contributed by atoms with van der Waals surface area (Å²) in [5.74, 6) is 12.5. The molecule has 0 saturated carbocycles. The first-order valence-corrected chi connectivity index (χ1v) is 15.3. The van der Waals surface area contributed by atoms with E-state index in [-0.39, 0.29) is 5.91 Å². The van der Waals surface area contributed by atoms with E-state index in [4.69, 9.17) is 14.2 Å². The molecule has 1 aliphatic heterocycles. The highest BCUT2D eigenvalue weighted by molar-refractivity contribution is 5.75. The second-order valence-corrected chi connectivity index (χ2v) is 10.1. The molecule has 0 aromatic rings. The summed E-state index contributed by atoms with van der Waals surface area (Å²) in [6.07, 6.45) is 23.3. The molecule has 5 nitrogen and oxygen atoms in total. The van der Waals surface area contributed by atoms with Crippen LogP contribution in [-0.4, -0.2) is 51.6 Å². The average Bonchev–Trinajstić information content (AvgIpc) is 3.73. The summed E-state index contributed by atoms with van der Waals surface area (Å²) in [5.41, 5.74) is 0. The van der Waals surface area contributed by atoms with Crippen molar-refractivity contribution in [3.05, 3.63) is 0 Å². The van der Waals surface area contributed by atoms with Crippen LogP contribution in [0.1, 0.15) is 129 Å². The lowest BCUT2D eigenvalue weighted by atomic mass is 10.1. The quantitative estimate of drug-likeness (QED) is 0.0764. The van der Waals surface area contributed by atoms with Crippen molar-refractivity contribution in [2.45, 2.75) is 135 Å². The van der Waals surface area contributed by atoms with E-state index in [1.165, 1.54) is 83.5 Å². The summed E-state index contributed by atoms with van der Waals surface area (Å²) in [6, 6.07) is 0. The smallest absolute Gasteiger partial charge is 0.220 e. The number of carbonyl (C=O) groups is 1. The standard InChI is InChI=1S/C32H55NO4/c1-2-3-4-5-6-7-8-9-10-11-12-13-14-15-16-17-18-19-20-21-22-23-24-32(34)33-25-26-35-27-28-36-29-31-30-37-31/h31H,2-12,17-30H2,1H3,(H,33,34).